The molecule has 2 N–H and O–H groups in total. The maximum absolute atomic E-state index is 5.48. The van der Waals surface area contributed by atoms with E-state index in [2.05, 4.69) is 37.7 Å². The second-order valence-electron chi connectivity index (χ2n) is 4.14. The van der Waals surface area contributed by atoms with E-state index in [4.69, 9.17) is 4.74 Å². The Balaban J connectivity index is 0. The molecular formula is C13H32N2OS. The summed E-state index contributed by atoms with van der Waals surface area (Å²) in [7, 11) is 0. The van der Waals surface area contributed by atoms with E-state index in [1.165, 1.54) is 0 Å². The number of hydrogen-bond donors (Lipinski definition) is 2. The van der Waals surface area contributed by atoms with Crippen LogP contribution in [0.2, 0.25) is 0 Å². The van der Waals surface area contributed by atoms with Crippen molar-refractivity contribution in [2.45, 2.75) is 59.3 Å². The highest BCUT2D eigenvalue weighted by molar-refractivity contribution is 7.97. The molecule has 17 heavy (non-hydrogen) atoms. The Bertz CT molecular complexity index is 119. The second kappa shape index (κ2) is 16.2. The first kappa shape index (κ1) is 19.6. The number of ether oxygens (including phenoxy) is 1. The minimum absolute atomic E-state index is 0.578. The van der Waals surface area contributed by atoms with Crippen molar-refractivity contribution in [1.29, 1.82) is 0 Å². The van der Waals surface area contributed by atoms with Gasteiger partial charge in [-0.3, -0.25) is 4.72 Å². The summed E-state index contributed by atoms with van der Waals surface area (Å²) in [6.07, 6.45) is 1.09. The van der Waals surface area contributed by atoms with E-state index in [1.807, 2.05) is 13.8 Å². The molecule has 3 nitrogen and oxygen atoms in total. The van der Waals surface area contributed by atoms with Crippen molar-refractivity contribution in [2.24, 2.45) is 0 Å². The van der Waals surface area contributed by atoms with Crippen LogP contribution in [0.25, 0.3) is 0 Å². The molecule has 0 bridgehead atoms. The largest absolute Gasteiger partial charge is 0.380 e. The monoisotopic (exact) mass is 264 g/mol. The maximum Gasteiger partial charge on any atom is 0.0600 e. The van der Waals surface area contributed by atoms with Gasteiger partial charge in [-0.2, -0.15) is 0 Å². The van der Waals surface area contributed by atoms with Crippen molar-refractivity contribution >= 4 is 11.9 Å². The third-order valence-corrected chi connectivity index (χ3v) is 2.53. The van der Waals surface area contributed by atoms with Crippen LogP contribution in [-0.2, 0) is 4.74 Å². The van der Waals surface area contributed by atoms with E-state index in [0.717, 1.165) is 32.7 Å². The van der Waals surface area contributed by atoms with Gasteiger partial charge >= 0.3 is 0 Å². The fourth-order valence-electron chi connectivity index (χ4n) is 1.01. The molecule has 106 valence electrons. The average Bonchev–Trinajstić information content (AvgIpc) is 2.29. The molecule has 0 saturated heterocycles. The second-order valence-corrected chi connectivity index (χ2v) is 5.60. The third kappa shape index (κ3) is 22.0. The summed E-state index contributed by atoms with van der Waals surface area (Å²) in [5.41, 5.74) is 0. The summed E-state index contributed by atoms with van der Waals surface area (Å²) in [6.45, 7) is 16.3. The number of rotatable bonds is 10. The molecule has 0 heterocycles. The summed E-state index contributed by atoms with van der Waals surface area (Å²) >= 11 is 1.76. The van der Waals surface area contributed by atoms with Gasteiger partial charge in [0.15, 0.2) is 0 Å². The molecule has 0 aliphatic rings. The summed E-state index contributed by atoms with van der Waals surface area (Å²) in [4.78, 5) is 0. The molecule has 0 saturated carbocycles. The average molecular weight is 264 g/mol. The van der Waals surface area contributed by atoms with Crippen molar-refractivity contribution < 1.29 is 4.74 Å². The minimum atomic E-state index is 0.578. The molecule has 0 unspecified atom stereocenters. The van der Waals surface area contributed by atoms with E-state index >= 15 is 0 Å². The van der Waals surface area contributed by atoms with Gasteiger partial charge < -0.3 is 10.1 Å². The van der Waals surface area contributed by atoms with Crippen LogP contribution in [0.4, 0.5) is 0 Å². The maximum atomic E-state index is 5.48. The lowest BCUT2D eigenvalue weighted by molar-refractivity contribution is 0.136. The van der Waals surface area contributed by atoms with E-state index in [-0.39, 0.29) is 0 Å². The van der Waals surface area contributed by atoms with Crippen LogP contribution in [0.15, 0.2) is 0 Å². The fraction of sp³-hybridized carbons (Fsp3) is 1.00. The lowest BCUT2D eigenvalue weighted by Gasteiger charge is -2.09. The smallest absolute Gasteiger partial charge is 0.0600 e. The predicted octanol–water partition coefficient (Wildman–Crippen LogP) is 3.06. The van der Waals surface area contributed by atoms with Crippen molar-refractivity contribution in [2.75, 3.05) is 26.3 Å². The van der Waals surface area contributed by atoms with Crippen LogP contribution in [-0.4, -0.2) is 37.6 Å². The Morgan fingerprint density at radius 1 is 1.00 bits per heavy atom. The summed E-state index contributed by atoms with van der Waals surface area (Å²) in [5, 5.41) is 4.00. The Morgan fingerprint density at radius 3 is 2.18 bits per heavy atom. The van der Waals surface area contributed by atoms with E-state index in [9.17, 15) is 0 Å². The Labute approximate surface area is 113 Å². The molecule has 0 rings (SSSR count). The lowest BCUT2D eigenvalue weighted by atomic mass is 10.3. The molecular weight excluding hydrogens is 232 g/mol. The highest BCUT2D eigenvalue weighted by Crippen LogP contribution is 2.01. The van der Waals surface area contributed by atoms with Gasteiger partial charge in [0, 0.05) is 24.4 Å². The molecule has 0 spiro atoms. The topological polar surface area (TPSA) is 33.3 Å². The Hall–Kier alpha value is 0.230. The standard InChI is InChI=1S/C11H26N2OS.C2H6/c1-10(2)12-6-5-8-14-9-7-13-15-11(3)4;1-2/h10-13H,5-9H2,1-4H3;1-2H3. The molecule has 0 atom stereocenters. The molecule has 4 heteroatoms. The van der Waals surface area contributed by atoms with Gasteiger partial charge in [-0.1, -0.05) is 53.5 Å². The number of nitrogens with one attached hydrogen (secondary N) is 2. The molecule has 0 aromatic rings. The number of hydrogen-bond acceptors (Lipinski definition) is 4. The van der Waals surface area contributed by atoms with Crippen molar-refractivity contribution in [3.8, 4) is 0 Å². The normalized spacial score (nSPS) is 10.6. The third-order valence-electron chi connectivity index (χ3n) is 1.69. The summed E-state index contributed by atoms with van der Waals surface area (Å²) < 4.78 is 8.75. The first-order valence-corrected chi connectivity index (χ1v) is 7.70. The van der Waals surface area contributed by atoms with Gasteiger partial charge in [-0.05, 0) is 13.0 Å². The first-order valence-electron chi connectivity index (χ1n) is 6.82. The molecule has 0 fully saturated rings. The van der Waals surface area contributed by atoms with Crippen LogP contribution in [0.5, 0.6) is 0 Å². The van der Waals surface area contributed by atoms with Crippen molar-refractivity contribution in [3.63, 3.8) is 0 Å². The van der Waals surface area contributed by atoms with Gasteiger partial charge in [0.25, 0.3) is 0 Å². The Morgan fingerprint density at radius 2 is 1.65 bits per heavy atom. The highest BCUT2D eigenvalue weighted by atomic mass is 32.2. The quantitative estimate of drug-likeness (QED) is 0.469. The van der Waals surface area contributed by atoms with E-state index < -0.39 is 0 Å². The minimum Gasteiger partial charge on any atom is -0.380 e. The van der Waals surface area contributed by atoms with E-state index in [0.29, 0.717) is 11.3 Å². The first-order chi connectivity index (χ1) is 8.13. The van der Waals surface area contributed by atoms with Crippen LogP contribution >= 0.6 is 11.9 Å². The van der Waals surface area contributed by atoms with Gasteiger partial charge in [0.2, 0.25) is 0 Å². The van der Waals surface area contributed by atoms with Crippen LogP contribution in [0, 0.1) is 0 Å². The zero-order valence-corrected chi connectivity index (χ0v) is 13.3. The summed E-state index contributed by atoms with van der Waals surface area (Å²) in [5.74, 6) is 0. The van der Waals surface area contributed by atoms with Crippen molar-refractivity contribution in [3.05, 3.63) is 0 Å². The van der Waals surface area contributed by atoms with Gasteiger partial charge in [0.05, 0.1) is 6.61 Å². The van der Waals surface area contributed by atoms with E-state index in [1.54, 1.807) is 11.9 Å². The predicted molar refractivity (Wildman–Crippen MR) is 80.7 cm³/mol. The SMILES string of the molecule is CC.CC(C)NCCCOCCNSC(C)C. The fourth-order valence-corrected chi connectivity index (χ4v) is 1.54. The highest BCUT2D eigenvalue weighted by Gasteiger charge is 1.94. The zero-order valence-electron chi connectivity index (χ0n) is 12.5. The van der Waals surface area contributed by atoms with Crippen LogP contribution < -0.4 is 10.0 Å². The molecule has 0 amide bonds. The van der Waals surface area contributed by atoms with Gasteiger partial charge in [-0.25, -0.2) is 0 Å². The molecule has 0 radical (unpaired) electrons. The zero-order chi connectivity index (χ0) is 13.5. The molecule has 0 aliphatic carbocycles. The Kier molecular flexibility index (Phi) is 18.7. The van der Waals surface area contributed by atoms with Gasteiger partial charge in [0.1, 0.15) is 0 Å². The molecule has 0 aliphatic heterocycles. The lowest BCUT2D eigenvalue weighted by Crippen LogP contribution is -2.24. The van der Waals surface area contributed by atoms with Gasteiger partial charge in [-0.15, -0.1) is 0 Å². The van der Waals surface area contributed by atoms with Crippen LogP contribution in [0.3, 0.4) is 0 Å². The molecule has 0 aromatic carbocycles. The van der Waals surface area contributed by atoms with Crippen LogP contribution in [0.1, 0.15) is 48.0 Å². The molecule has 0 aromatic heterocycles. The summed E-state index contributed by atoms with van der Waals surface area (Å²) in [6, 6.07) is 0.578. The van der Waals surface area contributed by atoms with Crippen molar-refractivity contribution in [1.82, 2.24) is 10.0 Å².